The van der Waals surface area contributed by atoms with Gasteiger partial charge in [0.15, 0.2) is 23.9 Å². The number of hydrogen-bond acceptors (Lipinski definition) is 7. The number of rotatable bonds is 12. The summed E-state index contributed by atoms with van der Waals surface area (Å²) in [6, 6.07) is 8.57. The quantitative estimate of drug-likeness (QED) is 0.304. The van der Waals surface area contributed by atoms with Crippen LogP contribution in [0.4, 0.5) is 0 Å². The molecule has 0 spiro atoms. The molecule has 3 atom stereocenters. The summed E-state index contributed by atoms with van der Waals surface area (Å²) in [4.78, 5) is 0.334. The van der Waals surface area contributed by atoms with Gasteiger partial charge in [0.1, 0.15) is 12.9 Å². The summed E-state index contributed by atoms with van der Waals surface area (Å²) in [5.41, 5.74) is 0. The van der Waals surface area contributed by atoms with Crippen molar-refractivity contribution < 1.29 is 31.8 Å². The normalized spacial score (nSPS) is 19.9. The summed E-state index contributed by atoms with van der Waals surface area (Å²) >= 11 is 0. The number of sulfone groups is 1. The van der Waals surface area contributed by atoms with E-state index in [1.165, 1.54) is 0 Å². The summed E-state index contributed by atoms with van der Waals surface area (Å²) in [6.45, 7) is 15.7. The minimum Gasteiger partial charge on any atom is -0.411 e. The van der Waals surface area contributed by atoms with Crippen LogP contribution in [0.5, 0.6) is 0 Å². The first-order chi connectivity index (χ1) is 15.2. The minimum atomic E-state index is -3.43. The zero-order chi connectivity index (χ0) is 24.9. The van der Waals surface area contributed by atoms with Crippen LogP contribution in [0.15, 0.2) is 35.2 Å². The molecule has 1 aromatic rings. The first-order valence-corrected chi connectivity index (χ1v) is 16.1. The van der Waals surface area contributed by atoms with E-state index in [2.05, 4.69) is 33.9 Å². The Morgan fingerprint density at radius 2 is 1.70 bits per heavy atom. The van der Waals surface area contributed by atoms with Crippen molar-refractivity contribution in [1.82, 2.24) is 0 Å². The highest BCUT2D eigenvalue weighted by molar-refractivity contribution is 7.91. The highest BCUT2D eigenvalue weighted by Gasteiger charge is 2.49. The molecule has 1 saturated heterocycles. The van der Waals surface area contributed by atoms with E-state index in [1.807, 2.05) is 19.9 Å². The summed E-state index contributed by atoms with van der Waals surface area (Å²) in [5, 5.41) is -0.0330. The van der Waals surface area contributed by atoms with E-state index in [0.29, 0.717) is 24.5 Å². The van der Waals surface area contributed by atoms with Gasteiger partial charge in [0.25, 0.3) is 0 Å². The van der Waals surface area contributed by atoms with Crippen molar-refractivity contribution in [3.63, 3.8) is 0 Å². The SMILES string of the molecule is COCO[C@H]([C@H](C[C@@H](C)CS(=O)(=O)c1ccccc1)O[Si](C)(C)C(C)(C)C)C1(C)OCCO1. The molecular weight excluding hydrogens is 460 g/mol. The molecule has 33 heavy (non-hydrogen) atoms. The van der Waals surface area contributed by atoms with Gasteiger partial charge < -0.3 is 23.4 Å². The van der Waals surface area contributed by atoms with Gasteiger partial charge in [0, 0.05) is 7.11 Å². The van der Waals surface area contributed by atoms with E-state index in [1.54, 1.807) is 31.4 Å². The average Bonchev–Trinajstić information content (AvgIpc) is 3.14. The molecule has 0 saturated carbocycles. The number of methoxy groups -OCH3 is 1. The predicted molar refractivity (Wildman–Crippen MR) is 131 cm³/mol. The molecule has 0 aromatic heterocycles. The Morgan fingerprint density at radius 3 is 2.21 bits per heavy atom. The van der Waals surface area contributed by atoms with E-state index in [-0.39, 0.29) is 23.5 Å². The van der Waals surface area contributed by atoms with Gasteiger partial charge in [-0.3, -0.25) is 0 Å². The molecule has 0 N–H and O–H groups in total. The zero-order valence-electron chi connectivity index (χ0n) is 21.4. The van der Waals surface area contributed by atoms with Gasteiger partial charge in [-0.1, -0.05) is 45.9 Å². The summed E-state index contributed by atoms with van der Waals surface area (Å²) in [5.74, 6) is -1.16. The summed E-state index contributed by atoms with van der Waals surface area (Å²) < 4.78 is 56.0. The van der Waals surface area contributed by atoms with Crippen molar-refractivity contribution in [1.29, 1.82) is 0 Å². The first kappa shape index (κ1) is 28.4. The van der Waals surface area contributed by atoms with Gasteiger partial charge in [-0.2, -0.15) is 0 Å². The standard InChI is InChI=1S/C24H42O7SSi/c1-19(17-32(25,26)20-12-10-9-11-13-20)16-21(31-33(7,8)23(2,3)4)22(28-18-27-6)24(5)29-14-15-30-24/h9-13,19,21-22H,14-18H2,1-8H3/t19-,21+,22-/m1/s1. The fourth-order valence-electron chi connectivity index (χ4n) is 3.78. The molecule has 0 bridgehead atoms. The average molecular weight is 503 g/mol. The van der Waals surface area contributed by atoms with Crippen LogP contribution >= 0.6 is 0 Å². The highest BCUT2D eigenvalue weighted by Crippen LogP contribution is 2.40. The minimum absolute atomic E-state index is 0.0177. The highest BCUT2D eigenvalue weighted by atomic mass is 32.2. The molecular formula is C24H42O7SSi. The Labute approximate surface area is 201 Å². The molecule has 1 aliphatic rings. The van der Waals surface area contributed by atoms with Gasteiger partial charge in [-0.15, -0.1) is 0 Å². The largest absolute Gasteiger partial charge is 0.411 e. The maximum Gasteiger partial charge on any atom is 0.194 e. The van der Waals surface area contributed by atoms with Crippen molar-refractivity contribution in [2.45, 2.75) is 82.1 Å². The number of hydrogen-bond donors (Lipinski definition) is 0. The van der Waals surface area contributed by atoms with Crippen LogP contribution in [-0.4, -0.2) is 67.6 Å². The van der Waals surface area contributed by atoms with Crippen LogP contribution < -0.4 is 0 Å². The smallest absolute Gasteiger partial charge is 0.194 e. The van der Waals surface area contributed by atoms with Crippen LogP contribution in [0.1, 0.15) is 41.0 Å². The lowest BCUT2D eigenvalue weighted by Crippen LogP contribution is -2.55. The summed E-state index contributed by atoms with van der Waals surface area (Å²) in [7, 11) is -4.09. The van der Waals surface area contributed by atoms with Crippen LogP contribution in [0, 0.1) is 5.92 Å². The molecule has 0 unspecified atom stereocenters. The third-order valence-electron chi connectivity index (χ3n) is 6.57. The Kier molecular flexibility index (Phi) is 9.72. The van der Waals surface area contributed by atoms with E-state index in [4.69, 9.17) is 23.4 Å². The summed E-state index contributed by atoms with van der Waals surface area (Å²) in [6.07, 6.45) is -0.518. The maximum atomic E-state index is 13.0. The van der Waals surface area contributed by atoms with E-state index in [0.717, 1.165) is 0 Å². The topological polar surface area (TPSA) is 80.3 Å². The van der Waals surface area contributed by atoms with Crippen LogP contribution in [-0.2, 0) is 33.2 Å². The molecule has 190 valence electrons. The van der Waals surface area contributed by atoms with Crippen molar-refractivity contribution in [3.05, 3.63) is 30.3 Å². The van der Waals surface area contributed by atoms with Crippen LogP contribution in [0.25, 0.3) is 0 Å². The zero-order valence-corrected chi connectivity index (χ0v) is 23.2. The van der Waals surface area contributed by atoms with Crippen molar-refractivity contribution in [2.24, 2.45) is 5.92 Å². The van der Waals surface area contributed by atoms with E-state index >= 15 is 0 Å². The van der Waals surface area contributed by atoms with Gasteiger partial charge in [-0.05, 0) is 49.5 Å². The molecule has 1 fully saturated rings. The van der Waals surface area contributed by atoms with Crippen LogP contribution in [0.2, 0.25) is 18.1 Å². The molecule has 0 amide bonds. The maximum absolute atomic E-state index is 13.0. The molecule has 1 heterocycles. The Bertz CT molecular complexity index is 830. The van der Waals surface area contributed by atoms with Crippen LogP contribution in [0.3, 0.4) is 0 Å². The fourth-order valence-corrected chi connectivity index (χ4v) is 6.76. The lowest BCUT2D eigenvalue weighted by Gasteiger charge is -2.44. The third-order valence-corrected chi connectivity index (χ3v) is 13.1. The molecule has 7 nitrogen and oxygen atoms in total. The lowest BCUT2D eigenvalue weighted by atomic mass is 9.97. The second kappa shape index (κ2) is 11.3. The molecule has 1 aliphatic heterocycles. The van der Waals surface area contributed by atoms with E-state index < -0.39 is 36.1 Å². The van der Waals surface area contributed by atoms with Gasteiger partial charge >= 0.3 is 0 Å². The second-order valence-corrected chi connectivity index (χ2v) is 17.3. The number of ether oxygens (including phenoxy) is 4. The predicted octanol–water partition coefficient (Wildman–Crippen LogP) is 4.63. The first-order valence-electron chi connectivity index (χ1n) is 11.6. The molecule has 1 aromatic carbocycles. The van der Waals surface area contributed by atoms with Gasteiger partial charge in [0.05, 0.1) is 30.0 Å². The number of benzene rings is 1. The van der Waals surface area contributed by atoms with Gasteiger partial charge in [-0.25, -0.2) is 8.42 Å². The Morgan fingerprint density at radius 1 is 1.12 bits per heavy atom. The molecule has 9 heteroatoms. The molecule has 0 aliphatic carbocycles. The Hall–Kier alpha value is -0.813. The monoisotopic (exact) mass is 502 g/mol. The molecule has 0 radical (unpaired) electrons. The van der Waals surface area contributed by atoms with Crippen molar-refractivity contribution in [3.8, 4) is 0 Å². The van der Waals surface area contributed by atoms with E-state index in [9.17, 15) is 8.42 Å². The van der Waals surface area contributed by atoms with Gasteiger partial charge in [0.2, 0.25) is 0 Å². The van der Waals surface area contributed by atoms with Crippen molar-refractivity contribution in [2.75, 3.05) is 32.9 Å². The third kappa shape index (κ3) is 7.58. The lowest BCUT2D eigenvalue weighted by molar-refractivity contribution is -0.262. The molecule has 2 rings (SSSR count). The fraction of sp³-hybridized carbons (Fsp3) is 0.750. The second-order valence-electron chi connectivity index (χ2n) is 10.6. The van der Waals surface area contributed by atoms with Crippen molar-refractivity contribution >= 4 is 18.2 Å². The Balaban J connectivity index is 2.32.